The highest BCUT2D eigenvalue weighted by Crippen LogP contribution is 2.33. The highest BCUT2D eigenvalue weighted by molar-refractivity contribution is 5.79. The second-order valence-corrected chi connectivity index (χ2v) is 4.38. The number of carbonyl (C=O) groups is 1. The van der Waals surface area contributed by atoms with E-state index in [1.807, 2.05) is 25.1 Å². The summed E-state index contributed by atoms with van der Waals surface area (Å²) in [7, 11) is 0. The van der Waals surface area contributed by atoms with E-state index in [2.05, 4.69) is 4.90 Å². The fourth-order valence-electron chi connectivity index (χ4n) is 2.09. The molecule has 0 aromatic heterocycles. The summed E-state index contributed by atoms with van der Waals surface area (Å²) in [6, 6.07) is 5.78. The Morgan fingerprint density at radius 1 is 1.44 bits per heavy atom. The number of fused-ring (bicyclic) bond motifs is 1. The lowest BCUT2D eigenvalue weighted by Crippen LogP contribution is -2.16. The number of nitrogens with zero attached hydrogens (tertiary/aromatic N) is 1. The molecular weight excluding hydrogens is 234 g/mol. The Hall–Kier alpha value is -1.75. The first-order valence-electron chi connectivity index (χ1n) is 6.07. The number of ether oxygens (including phenoxy) is 3. The van der Waals surface area contributed by atoms with Crippen molar-refractivity contribution in [3.8, 4) is 11.5 Å². The molecule has 0 N–H and O–H groups in total. The molecule has 1 aromatic carbocycles. The third-order valence-electron chi connectivity index (χ3n) is 3.10. The molecule has 2 atom stereocenters. The summed E-state index contributed by atoms with van der Waals surface area (Å²) in [5, 5.41) is 0. The lowest BCUT2D eigenvalue weighted by atomic mass is 10.2. The predicted octanol–water partition coefficient (Wildman–Crippen LogP) is 1.16. The van der Waals surface area contributed by atoms with Crippen LogP contribution in [0.4, 0.5) is 0 Å². The normalized spacial score (nSPS) is 23.8. The summed E-state index contributed by atoms with van der Waals surface area (Å²) >= 11 is 0. The molecule has 2 aliphatic heterocycles. The van der Waals surface area contributed by atoms with Gasteiger partial charge in [0.25, 0.3) is 0 Å². The highest BCUT2D eigenvalue weighted by atomic mass is 16.7. The standard InChI is InChI=1S/C13H15NO4/c1-2-16-13(15)10-7-14(10)6-9-3-4-11-12(5-9)18-8-17-11/h3-5,10H,2,6-8H2,1H3. The maximum absolute atomic E-state index is 11.5. The smallest absolute Gasteiger partial charge is 0.324 e. The van der Waals surface area contributed by atoms with E-state index in [1.54, 1.807) is 0 Å². The van der Waals surface area contributed by atoms with Crippen LogP contribution in [-0.2, 0) is 16.1 Å². The molecule has 0 amide bonds. The van der Waals surface area contributed by atoms with Gasteiger partial charge in [-0.05, 0) is 24.6 Å². The topological polar surface area (TPSA) is 47.8 Å². The molecule has 2 aliphatic rings. The Morgan fingerprint density at radius 3 is 3.11 bits per heavy atom. The summed E-state index contributed by atoms with van der Waals surface area (Å²) < 4.78 is 15.6. The van der Waals surface area contributed by atoms with E-state index in [0.717, 1.165) is 30.2 Å². The molecule has 3 rings (SSSR count). The maximum atomic E-state index is 11.5. The van der Waals surface area contributed by atoms with Crippen LogP contribution in [0.25, 0.3) is 0 Å². The lowest BCUT2D eigenvalue weighted by Gasteiger charge is -2.05. The Balaban J connectivity index is 1.60. The van der Waals surface area contributed by atoms with Crippen molar-refractivity contribution < 1.29 is 19.0 Å². The van der Waals surface area contributed by atoms with Gasteiger partial charge in [0.15, 0.2) is 11.5 Å². The maximum Gasteiger partial charge on any atom is 0.324 e. The number of hydrogen-bond acceptors (Lipinski definition) is 5. The van der Waals surface area contributed by atoms with Crippen LogP contribution < -0.4 is 9.47 Å². The molecule has 2 heterocycles. The fraction of sp³-hybridized carbons (Fsp3) is 0.462. The minimum atomic E-state index is -0.127. The van der Waals surface area contributed by atoms with E-state index in [0.29, 0.717) is 6.61 Å². The van der Waals surface area contributed by atoms with Crippen LogP contribution in [0.1, 0.15) is 12.5 Å². The van der Waals surface area contributed by atoms with Gasteiger partial charge in [-0.15, -0.1) is 0 Å². The van der Waals surface area contributed by atoms with Gasteiger partial charge in [0.1, 0.15) is 6.04 Å². The molecule has 0 radical (unpaired) electrons. The first-order chi connectivity index (χ1) is 8.78. The fourth-order valence-corrected chi connectivity index (χ4v) is 2.09. The molecule has 5 heteroatoms. The first-order valence-corrected chi connectivity index (χ1v) is 6.07. The Kier molecular flexibility index (Phi) is 2.83. The van der Waals surface area contributed by atoms with Gasteiger partial charge < -0.3 is 14.2 Å². The summed E-state index contributed by atoms with van der Waals surface area (Å²) in [6.07, 6.45) is 0. The van der Waals surface area contributed by atoms with Crippen LogP contribution in [0.15, 0.2) is 18.2 Å². The van der Waals surface area contributed by atoms with Crippen LogP contribution in [0.2, 0.25) is 0 Å². The molecule has 0 aliphatic carbocycles. The van der Waals surface area contributed by atoms with E-state index in [1.165, 1.54) is 0 Å². The van der Waals surface area contributed by atoms with Crippen molar-refractivity contribution in [1.82, 2.24) is 4.90 Å². The molecule has 1 saturated heterocycles. The van der Waals surface area contributed by atoms with Gasteiger partial charge in [-0.25, -0.2) is 0 Å². The zero-order valence-electron chi connectivity index (χ0n) is 10.2. The van der Waals surface area contributed by atoms with Crippen LogP contribution in [0, 0.1) is 0 Å². The van der Waals surface area contributed by atoms with Gasteiger partial charge in [-0.1, -0.05) is 6.07 Å². The Labute approximate surface area is 105 Å². The highest BCUT2D eigenvalue weighted by Gasteiger charge is 2.41. The molecule has 1 aromatic rings. The van der Waals surface area contributed by atoms with Crippen LogP contribution in [-0.4, -0.2) is 36.9 Å². The number of carbonyl (C=O) groups excluding carboxylic acids is 1. The van der Waals surface area contributed by atoms with E-state index in [-0.39, 0.29) is 18.8 Å². The van der Waals surface area contributed by atoms with Gasteiger partial charge >= 0.3 is 5.97 Å². The Morgan fingerprint density at radius 2 is 2.28 bits per heavy atom. The zero-order chi connectivity index (χ0) is 12.5. The minimum Gasteiger partial charge on any atom is -0.465 e. The van der Waals surface area contributed by atoms with Crippen molar-refractivity contribution in [2.75, 3.05) is 19.9 Å². The molecule has 18 heavy (non-hydrogen) atoms. The largest absolute Gasteiger partial charge is 0.465 e. The van der Waals surface area contributed by atoms with Crippen LogP contribution in [0.3, 0.4) is 0 Å². The summed E-state index contributed by atoms with van der Waals surface area (Å²) in [4.78, 5) is 13.5. The third kappa shape index (κ3) is 2.13. The second kappa shape index (κ2) is 4.49. The van der Waals surface area contributed by atoms with Gasteiger partial charge in [-0.2, -0.15) is 0 Å². The summed E-state index contributed by atoms with van der Waals surface area (Å²) in [6.45, 7) is 4.05. The predicted molar refractivity (Wildman–Crippen MR) is 63.4 cm³/mol. The minimum absolute atomic E-state index is 0.0737. The SMILES string of the molecule is CCOC(=O)C1CN1Cc1ccc2c(c1)OCO2. The van der Waals surface area contributed by atoms with Crippen molar-refractivity contribution in [3.63, 3.8) is 0 Å². The lowest BCUT2D eigenvalue weighted by molar-refractivity contribution is -0.143. The van der Waals surface area contributed by atoms with Crippen LogP contribution >= 0.6 is 0 Å². The number of rotatable bonds is 4. The number of hydrogen-bond donors (Lipinski definition) is 0. The molecular formula is C13H15NO4. The van der Waals surface area contributed by atoms with Gasteiger partial charge in [0.05, 0.1) is 6.61 Å². The molecule has 0 spiro atoms. The van der Waals surface area contributed by atoms with E-state index >= 15 is 0 Å². The summed E-state index contributed by atoms with van der Waals surface area (Å²) in [5.41, 5.74) is 1.12. The molecule has 2 unspecified atom stereocenters. The van der Waals surface area contributed by atoms with E-state index in [9.17, 15) is 4.79 Å². The summed E-state index contributed by atoms with van der Waals surface area (Å²) in [5.74, 6) is 1.44. The number of benzene rings is 1. The average molecular weight is 249 g/mol. The molecule has 96 valence electrons. The van der Waals surface area contributed by atoms with E-state index < -0.39 is 0 Å². The van der Waals surface area contributed by atoms with Crippen molar-refractivity contribution in [3.05, 3.63) is 23.8 Å². The molecule has 0 saturated carbocycles. The monoisotopic (exact) mass is 249 g/mol. The van der Waals surface area contributed by atoms with Crippen LogP contribution in [0.5, 0.6) is 11.5 Å². The average Bonchev–Trinajstić information content (AvgIpc) is 2.97. The van der Waals surface area contributed by atoms with Crippen molar-refractivity contribution in [2.24, 2.45) is 0 Å². The zero-order valence-corrected chi connectivity index (χ0v) is 10.2. The van der Waals surface area contributed by atoms with E-state index in [4.69, 9.17) is 14.2 Å². The van der Waals surface area contributed by atoms with Crippen molar-refractivity contribution in [1.29, 1.82) is 0 Å². The molecule has 0 bridgehead atoms. The second-order valence-electron chi connectivity index (χ2n) is 4.38. The van der Waals surface area contributed by atoms with Gasteiger partial charge in [0.2, 0.25) is 6.79 Å². The quantitative estimate of drug-likeness (QED) is 0.592. The van der Waals surface area contributed by atoms with Crippen molar-refractivity contribution >= 4 is 5.97 Å². The van der Waals surface area contributed by atoms with Crippen molar-refractivity contribution in [2.45, 2.75) is 19.5 Å². The number of esters is 1. The van der Waals surface area contributed by atoms with Gasteiger partial charge in [0, 0.05) is 13.1 Å². The molecule has 5 nitrogen and oxygen atoms in total. The van der Waals surface area contributed by atoms with Gasteiger partial charge in [-0.3, -0.25) is 9.69 Å². The first kappa shape index (κ1) is 11.3. The third-order valence-corrected chi connectivity index (χ3v) is 3.10. The Bertz CT molecular complexity index is 474. The molecule has 1 fully saturated rings.